The van der Waals surface area contributed by atoms with Gasteiger partial charge in [0, 0.05) is 6.54 Å². The van der Waals surface area contributed by atoms with E-state index in [4.69, 9.17) is 10.5 Å². The second-order valence-corrected chi connectivity index (χ2v) is 5.03. The van der Waals surface area contributed by atoms with Crippen LogP contribution in [0.5, 0.6) is 5.75 Å². The Morgan fingerprint density at radius 2 is 1.67 bits per heavy atom. The highest BCUT2D eigenvalue weighted by atomic mass is 19.2. The largest absolute Gasteiger partial charge is 0.490 e. The smallest absolute Gasteiger partial charge is 0.159 e. The predicted octanol–water partition coefficient (Wildman–Crippen LogP) is 3.15. The molecule has 2 N–H and O–H groups in total. The summed E-state index contributed by atoms with van der Waals surface area (Å²) in [5, 5.41) is 0. The van der Waals surface area contributed by atoms with Crippen LogP contribution in [-0.4, -0.2) is 32.1 Å². The van der Waals surface area contributed by atoms with Crippen LogP contribution in [0.2, 0.25) is 0 Å². The minimum absolute atomic E-state index is 0.498. The van der Waals surface area contributed by atoms with E-state index in [1.165, 1.54) is 6.07 Å². The lowest BCUT2D eigenvalue weighted by atomic mass is 10.0. The summed E-state index contributed by atoms with van der Waals surface area (Å²) >= 11 is 0. The van der Waals surface area contributed by atoms with Crippen LogP contribution in [0, 0.1) is 11.6 Å². The third-order valence-corrected chi connectivity index (χ3v) is 3.06. The number of nitrogens with zero attached hydrogens (tertiary/aromatic N) is 1. The van der Waals surface area contributed by atoms with E-state index in [0.717, 1.165) is 24.2 Å². The van der Waals surface area contributed by atoms with Crippen LogP contribution in [0.15, 0.2) is 36.4 Å². The van der Waals surface area contributed by atoms with Crippen LogP contribution < -0.4 is 10.5 Å². The molecule has 0 bridgehead atoms. The van der Waals surface area contributed by atoms with E-state index >= 15 is 0 Å². The van der Waals surface area contributed by atoms with Gasteiger partial charge in [0.25, 0.3) is 0 Å². The molecule has 0 aliphatic rings. The Bertz CT molecular complexity index is 630. The van der Waals surface area contributed by atoms with Gasteiger partial charge in [-0.3, -0.25) is 0 Å². The first-order valence-electron chi connectivity index (χ1n) is 6.60. The summed E-state index contributed by atoms with van der Waals surface area (Å²) in [5.74, 6) is -1.20. The average Bonchev–Trinajstić information content (AvgIpc) is 2.43. The Morgan fingerprint density at radius 1 is 1.00 bits per heavy atom. The van der Waals surface area contributed by atoms with Gasteiger partial charge in [-0.2, -0.15) is 0 Å². The number of hydrogen-bond acceptors (Lipinski definition) is 3. The van der Waals surface area contributed by atoms with Crippen LogP contribution in [0.3, 0.4) is 0 Å². The maximum absolute atomic E-state index is 13.3. The summed E-state index contributed by atoms with van der Waals surface area (Å²) in [6.07, 6.45) is 0. The molecule has 0 unspecified atom stereocenters. The summed E-state index contributed by atoms with van der Waals surface area (Å²) in [5.41, 5.74) is 7.68. The van der Waals surface area contributed by atoms with Crippen molar-refractivity contribution >= 4 is 5.69 Å². The number of halogens is 2. The molecular weight excluding hydrogens is 274 g/mol. The van der Waals surface area contributed by atoms with Gasteiger partial charge in [0.15, 0.2) is 11.6 Å². The molecule has 0 saturated carbocycles. The molecule has 0 radical (unpaired) electrons. The van der Waals surface area contributed by atoms with E-state index < -0.39 is 11.6 Å². The van der Waals surface area contributed by atoms with Gasteiger partial charge >= 0.3 is 0 Å². The summed E-state index contributed by atoms with van der Waals surface area (Å²) in [4.78, 5) is 2.00. The van der Waals surface area contributed by atoms with Gasteiger partial charge in [-0.25, -0.2) is 8.78 Å². The summed E-state index contributed by atoms with van der Waals surface area (Å²) in [7, 11) is 3.90. The fraction of sp³-hybridized carbons (Fsp3) is 0.250. The van der Waals surface area contributed by atoms with Crippen molar-refractivity contribution in [1.29, 1.82) is 0 Å². The van der Waals surface area contributed by atoms with Crippen LogP contribution in [0.25, 0.3) is 11.1 Å². The third kappa shape index (κ3) is 3.92. The zero-order valence-corrected chi connectivity index (χ0v) is 12.1. The summed E-state index contributed by atoms with van der Waals surface area (Å²) in [6.45, 7) is 1.26. The third-order valence-electron chi connectivity index (χ3n) is 3.06. The molecule has 112 valence electrons. The maximum atomic E-state index is 13.3. The van der Waals surface area contributed by atoms with Gasteiger partial charge in [0.05, 0.1) is 5.69 Å². The van der Waals surface area contributed by atoms with E-state index in [1.807, 2.05) is 19.0 Å². The maximum Gasteiger partial charge on any atom is 0.159 e. The van der Waals surface area contributed by atoms with Gasteiger partial charge in [-0.1, -0.05) is 12.1 Å². The van der Waals surface area contributed by atoms with Crippen molar-refractivity contribution in [3.05, 3.63) is 48.0 Å². The minimum Gasteiger partial charge on any atom is -0.490 e. The van der Waals surface area contributed by atoms with E-state index in [0.29, 0.717) is 23.6 Å². The van der Waals surface area contributed by atoms with Gasteiger partial charge in [-0.05, 0) is 49.5 Å². The van der Waals surface area contributed by atoms with Crippen molar-refractivity contribution < 1.29 is 13.5 Å². The molecule has 2 aromatic carbocycles. The highest BCUT2D eigenvalue weighted by molar-refractivity contribution is 5.69. The molecule has 3 nitrogen and oxygen atoms in total. The van der Waals surface area contributed by atoms with E-state index in [-0.39, 0.29) is 0 Å². The molecule has 0 heterocycles. The Kier molecular flexibility index (Phi) is 4.75. The molecule has 2 rings (SSSR count). The van der Waals surface area contributed by atoms with Gasteiger partial charge in [0.1, 0.15) is 12.4 Å². The molecule has 0 aliphatic heterocycles. The molecule has 0 amide bonds. The van der Waals surface area contributed by atoms with Crippen LogP contribution in [-0.2, 0) is 0 Å². The monoisotopic (exact) mass is 292 g/mol. The molecule has 21 heavy (non-hydrogen) atoms. The summed E-state index contributed by atoms with van der Waals surface area (Å²) in [6, 6.07) is 8.96. The van der Waals surface area contributed by atoms with Crippen molar-refractivity contribution in [2.45, 2.75) is 0 Å². The fourth-order valence-corrected chi connectivity index (χ4v) is 1.85. The number of nitrogens with two attached hydrogens (primary N) is 1. The molecular formula is C16H18F2N2O. The van der Waals surface area contributed by atoms with Crippen LogP contribution in [0.4, 0.5) is 14.5 Å². The molecule has 0 aromatic heterocycles. The standard InChI is InChI=1S/C16H18F2N2O/c1-20(2)7-8-21-16-10-12(4-6-15(16)19)11-3-5-13(17)14(18)9-11/h3-6,9-10H,7-8,19H2,1-2H3. The number of nitrogen functional groups attached to an aromatic ring is 1. The quantitative estimate of drug-likeness (QED) is 0.860. The van der Waals surface area contributed by atoms with Gasteiger partial charge < -0.3 is 15.4 Å². The van der Waals surface area contributed by atoms with E-state index in [1.54, 1.807) is 18.2 Å². The number of ether oxygens (including phenoxy) is 1. The first-order valence-corrected chi connectivity index (χ1v) is 6.60. The number of likely N-dealkylation sites (N-methyl/N-ethyl adjacent to an activating group) is 1. The van der Waals surface area contributed by atoms with Crippen molar-refractivity contribution in [3.8, 4) is 16.9 Å². The van der Waals surface area contributed by atoms with Crippen molar-refractivity contribution in [1.82, 2.24) is 4.90 Å². The zero-order valence-electron chi connectivity index (χ0n) is 12.1. The Labute approximate surface area is 122 Å². The Hall–Kier alpha value is -2.14. The number of rotatable bonds is 5. The van der Waals surface area contributed by atoms with Gasteiger partial charge in [-0.15, -0.1) is 0 Å². The van der Waals surface area contributed by atoms with E-state index in [2.05, 4.69) is 0 Å². The first kappa shape index (κ1) is 15.3. The van der Waals surface area contributed by atoms with Gasteiger partial charge in [0.2, 0.25) is 0 Å². The predicted molar refractivity (Wildman–Crippen MR) is 80.3 cm³/mol. The lowest BCUT2D eigenvalue weighted by molar-refractivity contribution is 0.262. The van der Waals surface area contributed by atoms with Crippen molar-refractivity contribution in [2.24, 2.45) is 0 Å². The number of benzene rings is 2. The Morgan fingerprint density at radius 3 is 2.33 bits per heavy atom. The second-order valence-electron chi connectivity index (χ2n) is 5.03. The molecule has 5 heteroatoms. The second kappa shape index (κ2) is 6.54. The molecule has 0 aliphatic carbocycles. The topological polar surface area (TPSA) is 38.5 Å². The molecule has 2 aromatic rings. The highest BCUT2D eigenvalue weighted by Crippen LogP contribution is 2.29. The molecule has 0 atom stereocenters. The lowest BCUT2D eigenvalue weighted by Crippen LogP contribution is -2.19. The summed E-state index contributed by atoms with van der Waals surface area (Å²) < 4.78 is 31.9. The number of hydrogen-bond donors (Lipinski definition) is 1. The molecule has 0 spiro atoms. The highest BCUT2D eigenvalue weighted by Gasteiger charge is 2.08. The van der Waals surface area contributed by atoms with Crippen molar-refractivity contribution in [2.75, 3.05) is 33.0 Å². The SMILES string of the molecule is CN(C)CCOc1cc(-c2ccc(F)c(F)c2)ccc1N. The zero-order chi connectivity index (χ0) is 15.4. The Balaban J connectivity index is 2.23. The normalized spacial score (nSPS) is 10.9. The minimum atomic E-state index is -0.876. The van der Waals surface area contributed by atoms with Crippen molar-refractivity contribution in [3.63, 3.8) is 0 Å². The fourth-order valence-electron chi connectivity index (χ4n) is 1.85. The average molecular weight is 292 g/mol. The van der Waals surface area contributed by atoms with Crippen LogP contribution in [0.1, 0.15) is 0 Å². The van der Waals surface area contributed by atoms with E-state index in [9.17, 15) is 8.78 Å². The molecule has 0 saturated heterocycles. The number of anilines is 1. The lowest BCUT2D eigenvalue weighted by Gasteiger charge is -2.13. The first-order chi connectivity index (χ1) is 9.97. The van der Waals surface area contributed by atoms with Crippen LogP contribution >= 0.6 is 0 Å². The molecule has 0 fully saturated rings.